The molecular weight excluding hydrogens is 452 g/mol. The average Bonchev–Trinajstić information content (AvgIpc) is 3.42. The molecule has 0 bridgehead atoms. The number of hydrogen-bond donors (Lipinski definition) is 1. The number of carbonyl (C=O) groups excluding carboxylic acids is 1. The molecule has 0 fully saturated rings. The van der Waals surface area contributed by atoms with Gasteiger partial charge in [-0.25, -0.2) is 9.98 Å². The Hall–Kier alpha value is -4.79. The van der Waals surface area contributed by atoms with E-state index in [0.717, 1.165) is 11.0 Å². The number of anilines is 1. The Labute approximate surface area is 209 Å². The molecule has 9 nitrogen and oxygen atoms in total. The maximum Gasteiger partial charge on any atom is 0.271 e. The van der Waals surface area contributed by atoms with E-state index in [1.165, 1.54) is 0 Å². The number of likely N-dealkylation sites (N-methyl/N-ethyl adjacent to an activating group) is 1. The zero-order chi connectivity index (χ0) is 24.9. The highest BCUT2D eigenvalue weighted by atomic mass is 16.2. The number of pyridine rings is 2. The minimum Gasteiger partial charge on any atom is -0.378 e. The van der Waals surface area contributed by atoms with Crippen molar-refractivity contribution in [3.05, 3.63) is 109 Å². The van der Waals surface area contributed by atoms with Gasteiger partial charge in [0.1, 0.15) is 0 Å². The molecule has 2 aliphatic rings. The van der Waals surface area contributed by atoms with E-state index in [9.17, 15) is 4.79 Å². The monoisotopic (exact) mass is 478 g/mol. The summed E-state index contributed by atoms with van der Waals surface area (Å²) in [6.45, 7) is 3.88. The van der Waals surface area contributed by atoms with Crippen molar-refractivity contribution in [1.82, 2.24) is 29.3 Å². The lowest BCUT2D eigenvalue weighted by molar-refractivity contribution is -0.133. The van der Waals surface area contributed by atoms with Crippen molar-refractivity contribution < 1.29 is 6.22 Å². The predicted octanol–water partition coefficient (Wildman–Crippen LogP) is 3.77. The normalized spacial score (nSPS) is 21.0. The lowest BCUT2D eigenvalue weighted by Gasteiger charge is -2.37. The van der Waals surface area contributed by atoms with E-state index in [2.05, 4.69) is 21.9 Å². The van der Waals surface area contributed by atoms with Gasteiger partial charge in [0.2, 0.25) is 17.4 Å². The van der Waals surface area contributed by atoms with Gasteiger partial charge in [-0.3, -0.25) is 29.5 Å². The maximum absolute atomic E-state index is 14.7. The van der Waals surface area contributed by atoms with Crippen molar-refractivity contribution in [2.24, 2.45) is 4.99 Å². The number of nitrogens with zero attached hydrogens (tertiary/aromatic N) is 7. The summed E-state index contributed by atoms with van der Waals surface area (Å²) in [4.78, 5) is 37.3. The number of hydrogen-bond acceptors (Lipinski definition) is 7. The molecule has 2 unspecified atom stereocenters. The quantitative estimate of drug-likeness (QED) is 0.439. The van der Waals surface area contributed by atoms with Crippen molar-refractivity contribution in [2.45, 2.75) is 11.7 Å². The fourth-order valence-electron chi connectivity index (χ4n) is 4.98. The molecule has 2 atom stereocenters. The van der Waals surface area contributed by atoms with Gasteiger partial charge in [-0.1, -0.05) is 36.9 Å². The molecule has 1 aromatic carbocycles. The average molecular weight is 479 g/mol. The summed E-state index contributed by atoms with van der Waals surface area (Å²) < 4.78 is 2.00. The van der Waals surface area contributed by atoms with E-state index in [1.807, 2.05) is 84.2 Å². The Bertz CT molecular complexity index is 1550. The van der Waals surface area contributed by atoms with Gasteiger partial charge in [-0.05, 0) is 42.5 Å². The number of imidazole rings is 1. The molecule has 6 rings (SSSR count). The Balaban J connectivity index is 0.00000280. The van der Waals surface area contributed by atoms with E-state index < -0.39 is 11.7 Å². The van der Waals surface area contributed by atoms with E-state index >= 15 is 0 Å². The highest BCUT2D eigenvalue weighted by Crippen LogP contribution is 2.46. The third kappa shape index (κ3) is 2.99. The fourth-order valence-corrected chi connectivity index (χ4v) is 4.98. The molecule has 0 saturated heterocycles. The molecule has 2 aliphatic heterocycles. The van der Waals surface area contributed by atoms with Gasteiger partial charge in [0.25, 0.3) is 5.91 Å². The standard InChI is InChI=1S/C27H24N8O.H2/c1-4-11-22(33(2)3)27(21-15-8-10-17-29-21)24(36)35-23(19-13-7-9-16-28-19)34-20-14-6-5-12-18(20)30-25(34)31-26(35)32-27;/h4-17,23H,1H2,2-3H3,(H,30,31,32);1H/b22-11-;. The fraction of sp³-hybridized carbons (Fsp3) is 0.148. The van der Waals surface area contributed by atoms with E-state index in [1.54, 1.807) is 29.4 Å². The SMILES string of the molecule is C=C/C=C(\N(C)C)C1(c2ccccn2)N=C2Nc3nc4ccccc4n3C(c3ccccn3)N2C1=O.[HH]. The third-order valence-electron chi connectivity index (χ3n) is 6.45. The number of carbonyl (C=O) groups is 1. The highest BCUT2D eigenvalue weighted by molar-refractivity contribution is 6.15. The Morgan fingerprint density at radius 2 is 1.83 bits per heavy atom. The Morgan fingerprint density at radius 1 is 1.08 bits per heavy atom. The summed E-state index contributed by atoms with van der Waals surface area (Å²) in [6.07, 6.45) is 6.26. The van der Waals surface area contributed by atoms with Crippen molar-refractivity contribution in [2.75, 3.05) is 19.4 Å². The number of aliphatic imine (C=N–C) groups is 1. The van der Waals surface area contributed by atoms with Gasteiger partial charge in [0, 0.05) is 27.9 Å². The number of benzene rings is 1. The van der Waals surface area contributed by atoms with Crippen molar-refractivity contribution in [3.8, 4) is 0 Å². The van der Waals surface area contributed by atoms with Gasteiger partial charge in [-0.2, -0.15) is 0 Å². The minimum atomic E-state index is -1.42. The summed E-state index contributed by atoms with van der Waals surface area (Å²) in [6, 6.07) is 19.0. The molecule has 4 aromatic rings. The van der Waals surface area contributed by atoms with Crippen molar-refractivity contribution in [1.29, 1.82) is 0 Å². The summed E-state index contributed by atoms with van der Waals surface area (Å²) in [5, 5.41) is 3.32. The zero-order valence-electron chi connectivity index (χ0n) is 19.9. The maximum atomic E-state index is 14.7. The molecule has 5 heterocycles. The highest BCUT2D eigenvalue weighted by Gasteiger charge is 2.58. The second-order valence-electron chi connectivity index (χ2n) is 8.77. The Morgan fingerprint density at radius 3 is 2.53 bits per heavy atom. The molecule has 0 aliphatic carbocycles. The summed E-state index contributed by atoms with van der Waals surface area (Å²) in [5.74, 6) is 0.732. The second-order valence-corrected chi connectivity index (χ2v) is 8.77. The molecule has 1 N–H and O–H groups in total. The number of aromatic nitrogens is 4. The molecule has 0 saturated carbocycles. The van der Waals surface area contributed by atoms with Crippen LogP contribution in [0.4, 0.5) is 5.95 Å². The number of amides is 1. The predicted molar refractivity (Wildman–Crippen MR) is 140 cm³/mol. The lowest BCUT2D eigenvalue weighted by atomic mass is 9.89. The van der Waals surface area contributed by atoms with Crippen LogP contribution in [0.3, 0.4) is 0 Å². The van der Waals surface area contributed by atoms with Gasteiger partial charge in [0.15, 0.2) is 6.17 Å². The summed E-state index contributed by atoms with van der Waals surface area (Å²) in [5.41, 5.74) is 2.13. The first kappa shape index (κ1) is 21.7. The minimum absolute atomic E-state index is 0. The molecular formula is C27H26N8O. The zero-order valence-corrected chi connectivity index (χ0v) is 19.9. The van der Waals surface area contributed by atoms with E-state index in [4.69, 9.17) is 9.98 Å². The third-order valence-corrected chi connectivity index (χ3v) is 6.45. The van der Waals surface area contributed by atoms with Crippen LogP contribution in [0.15, 0.2) is 102 Å². The Kier molecular flexibility index (Phi) is 4.92. The van der Waals surface area contributed by atoms with E-state index in [0.29, 0.717) is 29.0 Å². The van der Waals surface area contributed by atoms with Gasteiger partial charge in [0.05, 0.1) is 28.1 Å². The van der Waals surface area contributed by atoms with Crippen LogP contribution in [0.25, 0.3) is 11.0 Å². The van der Waals surface area contributed by atoms with Gasteiger partial charge < -0.3 is 4.90 Å². The first-order valence-electron chi connectivity index (χ1n) is 11.6. The molecule has 3 aromatic heterocycles. The van der Waals surface area contributed by atoms with Crippen LogP contribution < -0.4 is 5.32 Å². The number of para-hydroxylation sites is 2. The molecule has 180 valence electrons. The largest absolute Gasteiger partial charge is 0.378 e. The lowest BCUT2D eigenvalue weighted by Crippen LogP contribution is -2.51. The van der Waals surface area contributed by atoms with Crippen molar-refractivity contribution >= 4 is 28.8 Å². The molecule has 0 spiro atoms. The topological polar surface area (TPSA) is 91.5 Å². The first-order chi connectivity index (χ1) is 17.6. The summed E-state index contributed by atoms with van der Waals surface area (Å²) >= 11 is 0. The summed E-state index contributed by atoms with van der Waals surface area (Å²) in [7, 11) is 3.76. The number of guanidine groups is 1. The molecule has 0 radical (unpaired) electrons. The van der Waals surface area contributed by atoms with Gasteiger partial charge >= 0.3 is 0 Å². The van der Waals surface area contributed by atoms with Crippen LogP contribution in [0.5, 0.6) is 0 Å². The smallest absolute Gasteiger partial charge is 0.271 e. The number of allylic oxidation sites excluding steroid dienone is 2. The van der Waals surface area contributed by atoms with E-state index in [-0.39, 0.29) is 7.33 Å². The van der Waals surface area contributed by atoms with Crippen LogP contribution in [0.2, 0.25) is 0 Å². The second kappa shape index (κ2) is 8.16. The number of fused-ring (bicyclic) bond motifs is 4. The van der Waals surface area contributed by atoms with Gasteiger partial charge in [-0.15, -0.1) is 0 Å². The molecule has 1 amide bonds. The molecule has 9 heteroatoms. The van der Waals surface area contributed by atoms with Crippen LogP contribution in [-0.2, 0) is 10.3 Å². The van der Waals surface area contributed by atoms with Crippen LogP contribution in [-0.4, -0.2) is 55.3 Å². The van der Waals surface area contributed by atoms with Crippen LogP contribution >= 0.6 is 0 Å². The molecule has 36 heavy (non-hydrogen) atoms. The number of nitrogens with one attached hydrogen (secondary N) is 1. The van der Waals surface area contributed by atoms with Crippen molar-refractivity contribution in [3.63, 3.8) is 0 Å². The first-order valence-corrected chi connectivity index (χ1v) is 11.6. The number of rotatable bonds is 5. The van der Waals surface area contributed by atoms with Crippen LogP contribution in [0.1, 0.15) is 19.0 Å². The van der Waals surface area contributed by atoms with Crippen LogP contribution in [0, 0.1) is 0 Å².